The number of amides is 1. The van der Waals surface area contributed by atoms with E-state index in [1.165, 1.54) is 76.0 Å². The predicted molar refractivity (Wildman–Crippen MR) is 113 cm³/mol. The van der Waals surface area contributed by atoms with E-state index in [1.54, 1.807) is 11.0 Å². The van der Waals surface area contributed by atoms with Crippen LogP contribution in [-0.2, 0) is 4.79 Å². The third-order valence-corrected chi connectivity index (χ3v) is 6.88. The van der Waals surface area contributed by atoms with Crippen molar-refractivity contribution in [3.63, 3.8) is 0 Å². The molecule has 2 aliphatic rings. The number of hydrogen-bond acceptors (Lipinski definition) is 4. The topological polar surface area (TPSA) is 51.0 Å². The van der Waals surface area contributed by atoms with Crippen LogP contribution >= 0.6 is 11.8 Å². The van der Waals surface area contributed by atoms with Gasteiger partial charge in [0.05, 0.1) is 11.4 Å². The van der Waals surface area contributed by atoms with Gasteiger partial charge in [-0.05, 0) is 37.8 Å². The Labute approximate surface area is 171 Å². The first-order valence-corrected chi connectivity index (χ1v) is 11.7. The van der Waals surface area contributed by atoms with E-state index in [1.807, 2.05) is 30.3 Å². The van der Waals surface area contributed by atoms with E-state index in [0.717, 1.165) is 5.69 Å². The van der Waals surface area contributed by atoms with Gasteiger partial charge in [0, 0.05) is 12.1 Å². The zero-order chi connectivity index (χ0) is 19.2. The molecule has 2 saturated carbocycles. The Morgan fingerprint density at radius 1 is 0.964 bits per heavy atom. The minimum Gasteiger partial charge on any atom is -0.336 e. The Morgan fingerprint density at radius 3 is 2.18 bits per heavy atom. The number of aromatic nitrogens is 3. The van der Waals surface area contributed by atoms with E-state index in [-0.39, 0.29) is 5.91 Å². The molecule has 2 aliphatic carbocycles. The third kappa shape index (κ3) is 4.77. The summed E-state index contributed by atoms with van der Waals surface area (Å²) in [6, 6.07) is 10.9. The van der Waals surface area contributed by atoms with Gasteiger partial charge in [-0.25, -0.2) is 9.67 Å². The molecule has 2 fully saturated rings. The number of rotatable bonds is 6. The summed E-state index contributed by atoms with van der Waals surface area (Å²) in [6.45, 7) is 0. The molecule has 5 nitrogen and oxygen atoms in total. The maximum Gasteiger partial charge on any atom is 0.233 e. The molecular weight excluding hydrogens is 368 g/mol. The van der Waals surface area contributed by atoms with Gasteiger partial charge >= 0.3 is 0 Å². The van der Waals surface area contributed by atoms with E-state index in [9.17, 15) is 4.79 Å². The van der Waals surface area contributed by atoms with Crippen LogP contribution < -0.4 is 0 Å². The Morgan fingerprint density at radius 2 is 1.57 bits per heavy atom. The van der Waals surface area contributed by atoms with Crippen molar-refractivity contribution in [2.45, 2.75) is 81.4 Å². The van der Waals surface area contributed by atoms with Crippen molar-refractivity contribution in [2.75, 3.05) is 5.75 Å². The minimum absolute atomic E-state index is 0.278. The molecule has 4 rings (SSSR count). The molecule has 0 aliphatic heterocycles. The molecule has 2 aromatic rings. The van der Waals surface area contributed by atoms with E-state index in [0.29, 0.717) is 23.0 Å². The molecule has 1 amide bonds. The predicted octanol–water partition coefficient (Wildman–Crippen LogP) is 4.85. The number of nitrogens with zero attached hydrogens (tertiary/aromatic N) is 4. The van der Waals surface area contributed by atoms with Gasteiger partial charge < -0.3 is 4.90 Å². The summed E-state index contributed by atoms with van der Waals surface area (Å²) in [4.78, 5) is 19.9. The molecule has 1 heterocycles. The number of para-hydroxylation sites is 1. The smallest absolute Gasteiger partial charge is 0.233 e. The second-order valence-corrected chi connectivity index (χ2v) is 8.92. The maximum absolute atomic E-state index is 13.2. The second-order valence-electron chi connectivity index (χ2n) is 7.98. The van der Waals surface area contributed by atoms with Crippen LogP contribution in [0, 0.1) is 0 Å². The summed E-state index contributed by atoms with van der Waals surface area (Å²) >= 11 is 1.47. The average molecular weight is 399 g/mol. The van der Waals surface area contributed by atoms with Crippen molar-refractivity contribution in [2.24, 2.45) is 0 Å². The monoisotopic (exact) mass is 398 g/mol. The van der Waals surface area contributed by atoms with Crippen molar-refractivity contribution in [1.82, 2.24) is 19.7 Å². The lowest BCUT2D eigenvalue weighted by Gasteiger charge is -2.41. The first-order chi connectivity index (χ1) is 13.8. The van der Waals surface area contributed by atoms with Crippen LogP contribution in [0.1, 0.15) is 64.2 Å². The Kier molecular flexibility index (Phi) is 6.68. The molecule has 0 radical (unpaired) electrons. The standard InChI is InChI=1S/C22H30N4OS/c27-21(16-28-22-23-17-25(24-22)18-10-4-1-5-11-18)26(19-12-6-2-7-13-19)20-14-8-3-9-15-20/h1,4-5,10-11,17,19-20H,2-3,6-9,12-16H2. The second kappa shape index (κ2) is 9.59. The normalized spacial score (nSPS) is 18.9. The van der Waals surface area contributed by atoms with Gasteiger partial charge in [0.15, 0.2) is 0 Å². The Hall–Kier alpha value is -1.82. The van der Waals surface area contributed by atoms with Crippen molar-refractivity contribution >= 4 is 17.7 Å². The lowest BCUT2D eigenvalue weighted by Crippen LogP contribution is -2.49. The summed E-state index contributed by atoms with van der Waals surface area (Å²) in [5.74, 6) is 0.714. The van der Waals surface area contributed by atoms with Crippen molar-refractivity contribution < 1.29 is 4.79 Å². The van der Waals surface area contributed by atoms with Crippen LogP contribution in [0.3, 0.4) is 0 Å². The van der Waals surface area contributed by atoms with Gasteiger partial charge in [-0.1, -0.05) is 68.5 Å². The molecule has 0 atom stereocenters. The van der Waals surface area contributed by atoms with Crippen LogP contribution in [0.2, 0.25) is 0 Å². The van der Waals surface area contributed by atoms with E-state index in [4.69, 9.17) is 0 Å². The minimum atomic E-state index is 0.278. The van der Waals surface area contributed by atoms with E-state index >= 15 is 0 Å². The lowest BCUT2D eigenvalue weighted by atomic mass is 9.88. The first-order valence-electron chi connectivity index (χ1n) is 10.7. The summed E-state index contributed by atoms with van der Waals surface area (Å²) in [5, 5.41) is 5.21. The van der Waals surface area contributed by atoms with Crippen LogP contribution in [-0.4, -0.2) is 43.4 Å². The zero-order valence-corrected chi connectivity index (χ0v) is 17.3. The van der Waals surface area contributed by atoms with Crippen molar-refractivity contribution in [3.8, 4) is 5.69 Å². The quantitative estimate of drug-likeness (QED) is 0.653. The molecule has 0 N–H and O–H groups in total. The fourth-order valence-electron chi connectivity index (χ4n) is 4.64. The fraction of sp³-hybridized carbons (Fsp3) is 0.591. The van der Waals surface area contributed by atoms with Gasteiger partial charge in [-0.3, -0.25) is 4.79 Å². The first kappa shape index (κ1) is 19.5. The third-order valence-electron chi connectivity index (χ3n) is 6.04. The van der Waals surface area contributed by atoms with Crippen molar-refractivity contribution in [1.29, 1.82) is 0 Å². The van der Waals surface area contributed by atoms with Crippen LogP contribution in [0.15, 0.2) is 41.8 Å². The number of benzene rings is 1. The van der Waals surface area contributed by atoms with Crippen LogP contribution in [0.25, 0.3) is 5.69 Å². The van der Waals surface area contributed by atoms with Crippen LogP contribution in [0.4, 0.5) is 0 Å². The van der Waals surface area contributed by atoms with Gasteiger partial charge in [0.2, 0.25) is 11.1 Å². The largest absolute Gasteiger partial charge is 0.336 e. The molecule has 0 bridgehead atoms. The highest BCUT2D eigenvalue weighted by molar-refractivity contribution is 7.99. The SMILES string of the molecule is O=C(CSc1ncn(-c2ccccc2)n1)N(C1CCCCC1)C1CCCCC1. The molecule has 0 saturated heterocycles. The summed E-state index contributed by atoms with van der Waals surface area (Å²) < 4.78 is 1.77. The Bertz CT molecular complexity index is 733. The highest BCUT2D eigenvalue weighted by Gasteiger charge is 2.32. The average Bonchev–Trinajstić information content (AvgIpc) is 3.24. The number of carbonyl (C=O) groups excluding carboxylic acids is 1. The number of carbonyl (C=O) groups is 1. The van der Waals surface area contributed by atoms with Gasteiger partial charge in [-0.15, -0.1) is 5.10 Å². The lowest BCUT2D eigenvalue weighted by molar-refractivity contribution is -0.135. The molecular formula is C22H30N4OS. The maximum atomic E-state index is 13.2. The summed E-state index contributed by atoms with van der Waals surface area (Å²) in [7, 11) is 0. The highest BCUT2D eigenvalue weighted by Crippen LogP contribution is 2.31. The van der Waals surface area contributed by atoms with Gasteiger partial charge in [0.1, 0.15) is 6.33 Å². The molecule has 150 valence electrons. The zero-order valence-electron chi connectivity index (χ0n) is 16.5. The highest BCUT2D eigenvalue weighted by atomic mass is 32.2. The van der Waals surface area contributed by atoms with E-state index in [2.05, 4.69) is 15.0 Å². The fourth-order valence-corrected chi connectivity index (χ4v) is 5.31. The molecule has 1 aromatic heterocycles. The Balaban J connectivity index is 1.40. The van der Waals surface area contributed by atoms with Gasteiger partial charge in [0.25, 0.3) is 0 Å². The van der Waals surface area contributed by atoms with E-state index < -0.39 is 0 Å². The number of thioether (sulfide) groups is 1. The summed E-state index contributed by atoms with van der Waals surface area (Å²) in [6.07, 6.45) is 14.1. The summed E-state index contributed by atoms with van der Waals surface area (Å²) in [5.41, 5.74) is 0.985. The number of hydrogen-bond donors (Lipinski definition) is 0. The molecule has 6 heteroatoms. The van der Waals surface area contributed by atoms with Crippen LogP contribution in [0.5, 0.6) is 0 Å². The molecule has 0 unspecified atom stereocenters. The molecule has 0 spiro atoms. The molecule has 1 aromatic carbocycles. The van der Waals surface area contributed by atoms with Gasteiger partial charge in [-0.2, -0.15) is 0 Å². The van der Waals surface area contributed by atoms with Crippen molar-refractivity contribution in [3.05, 3.63) is 36.7 Å². The molecule has 28 heavy (non-hydrogen) atoms.